The average Bonchev–Trinajstić information content (AvgIpc) is 2.46. The van der Waals surface area contributed by atoms with E-state index in [4.69, 9.17) is 11.6 Å². The van der Waals surface area contributed by atoms with Crippen molar-refractivity contribution in [3.8, 4) is 0 Å². The molecule has 0 aliphatic rings. The number of halogens is 1. The fourth-order valence-electron chi connectivity index (χ4n) is 1.75. The number of amides is 1. The summed E-state index contributed by atoms with van der Waals surface area (Å²) in [5.41, 5.74) is 2.42. The number of hydrogen-bond donors (Lipinski definition) is 1. The second-order valence-corrected chi connectivity index (χ2v) is 5.02. The fraction of sp³-hybridized carbons (Fsp3) is 0.200. The normalized spacial score (nSPS) is 10.2. The van der Waals surface area contributed by atoms with E-state index in [-0.39, 0.29) is 5.91 Å². The van der Waals surface area contributed by atoms with Crippen LogP contribution in [0.2, 0.25) is 5.02 Å². The minimum atomic E-state index is -0.111. The topological polar surface area (TPSA) is 45.2 Å². The Bertz CT molecular complexity index is 599. The Morgan fingerprint density at radius 2 is 2.15 bits per heavy atom. The predicted molar refractivity (Wildman–Crippen MR) is 81.0 cm³/mol. The first-order chi connectivity index (χ1) is 9.58. The molecule has 0 saturated carbocycles. The zero-order valence-electron chi connectivity index (χ0n) is 11.4. The third kappa shape index (κ3) is 3.48. The molecule has 1 aromatic carbocycles. The fourth-order valence-corrected chi connectivity index (χ4v) is 1.95. The first kappa shape index (κ1) is 14.3. The zero-order chi connectivity index (χ0) is 14.5. The van der Waals surface area contributed by atoms with Crippen LogP contribution in [0, 0.1) is 0 Å². The molecule has 104 valence electrons. The first-order valence-corrected chi connectivity index (χ1v) is 6.59. The largest absolute Gasteiger partial charge is 0.381 e. The molecule has 1 heterocycles. The van der Waals surface area contributed by atoms with E-state index in [1.165, 1.54) is 4.90 Å². The standard InChI is InChI=1S/C15H16ClN3O/c1-19(2)15(20)13-8-12(5-6-14(13)16)18-10-11-4-3-7-17-9-11/h3-9,18H,10H2,1-2H3. The molecule has 2 aromatic rings. The molecule has 1 amide bonds. The number of aromatic nitrogens is 1. The number of hydrogen-bond acceptors (Lipinski definition) is 3. The van der Waals surface area contributed by atoms with Crippen LogP contribution in [-0.4, -0.2) is 29.9 Å². The monoisotopic (exact) mass is 289 g/mol. The second kappa shape index (κ2) is 6.39. The lowest BCUT2D eigenvalue weighted by Gasteiger charge is -2.13. The van der Waals surface area contributed by atoms with Crippen molar-refractivity contribution in [3.63, 3.8) is 0 Å². The van der Waals surface area contributed by atoms with Crippen molar-refractivity contribution >= 4 is 23.2 Å². The van der Waals surface area contributed by atoms with Gasteiger partial charge in [0.15, 0.2) is 0 Å². The number of carbonyl (C=O) groups is 1. The summed E-state index contributed by atoms with van der Waals surface area (Å²) in [6.45, 7) is 0.644. The van der Waals surface area contributed by atoms with E-state index in [0.29, 0.717) is 17.1 Å². The molecule has 4 nitrogen and oxygen atoms in total. The van der Waals surface area contributed by atoms with Gasteiger partial charge in [-0.2, -0.15) is 0 Å². The van der Waals surface area contributed by atoms with E-state index in [2.05, 4.69) is 10.3 Å². The molecular weight excluding hydrogens is 274 g/mol. The van der Waals surface area contributed by atoms with Crippen molar-refractivity contribution in [2.75, 3.05) is 19.4 Å². The molecule has 0 spiro atoms. The minimum absolute atomic E-state index is 0.111. The molecule has 0 aliphatic heterocycles. The lowest BCUT2D eigenvalue weighted by Crippen LogP contribution is -2.22. The van der Waals surface area contributed by atoms with E-state index >= 15 is 0 Å². The lowest BCUT2D eigenvalue weighted by atomic mass is 10.1. The summed E-state index contributed by atoms with van der Waals surface area (Å²) < 4.78 is 0. The van der Waals surface area contributed by atoms with E-state index in [1.807, 2.05) is 18.2 Å². The Labute approximate surface area is 123 Å². The maximum absolute atomic E-state index is 12.0. The van der Waals surface area contributed by atoms with Gasteiger partial charge in [-0.3, -0.25) is 9.78 Å². The predicted octanol–water partition coefficient (Wildman–Crippen LogP) is 3.05. The molecule has 0 atom stereocenters. The van der Waals surface area contributed by atoms with Crippen molar-refractivity contribution < 1.29 is 4.79 Å². The SMILES string of the molecule is CN(C)C(=O)c1cc(NCc2cccnc2)ccc1Cl. The number of anilines is 1. The molecule has 5 heteroatoms. The van der Waals surface area contributed by atoms with Gasteiger partial charge in [0.25, 0.3) is 5.91 Å². The lowest BCUT2D eigenvalue weighted by molar-refractivity contribution is 0.0828. The Kier molecular flexibility index (Phi) is 4.58. The van der Waals surface area contributed by atoms with Crippen molar-refractivity contribution in [2.45, 2.75) is 6.54 Å². The number of pyridine rings is 1. The van der Waals surface area contributed by atoms with Crippen LogP contribution >= 0.6 is 11.6 Å². The summed E-state index contributed by atoms with van der Waals surface area (Å²) in [5.74, 6) is -0.111. The van der Waals surface area contributed by atoms with Crippen molar-refractivity contribution in [1.29, 1.82) is 0 Å². The second-order valence-electron chi connectivity index (χ2n) is 4.61. The zero-order valence-corrected chi connectivity index (χ0v) is 12.2. The maximum Gasteiger partial charge on any atom is 0.254 e. The van der Waals surface area contributed by atoms with Crippen LogP contribution in [-0.2, 0) is 6.54 Å². The van der Waals surface area contributed by atoms with Gasteiger partial charge in [0.05, 0.1) is 10.6 Å². The number of nitrogens with one attached hydrogen (secondary N) is 1. The molecule has 20 heavy (non-hydrogen) atoms. The van der Waals surface area contributed by atoms with Crippen LogP contribution in [0.5, 0.6) is 0 Å². The summed E-state index contributed by atoms with van der Waals surface area (Å²) in [4.78, 5) is 17.6. The number of nitrogens with zero attached hydrogens (tertiary/aromatic N) is 2. The van der Waals surface area contributed by atoms with Gasteiger partial charge in [0, 0.05) is 38.7 Å². The van der Waals surface area contributed by atoms with Gasteiger partial charge in [-0.1, -0.05) is 17.7 Å². The van der Waals surface area contributed by atoms with E-state index in [1.54, 1.807) is 38.6 Å². The third-order valence-electron chi connectivity index (χ3n) is 2.82. The van der Waals surface area contributed by atoms with E-state index < -0.39 is 0 Å². The third-order valence-corrected chi connectivity index (χ3v) is 3.15. The van der Waals surface area contributed by atoms with Crippen LogP contribution in [0.4, 0.5) is 5.69 Å². The maximum atomic E-state index is 12.0. The van der Waals surface area contributed by atoms with Gasteiger partial charge < -0.3 is 10.2 Å². The van der Waals surface area contributed by atoms with Crippen LogP contribution in [0.15, 0.2) is 42.7 Å². The highest BCUT2D eigenvalue weighted by atomic mass is 35.5. The summed E-state index contributed by atoms with van der Waals surface area (Å²) in [7, 11) is 3.41. The van der Waals surface area contributed by atoms with Crippen LogP contribution < -0.4 is 5.32 Å². The molecule has 0 bridgehead atoms. The minimum Gasteiger partial charge on any atom is -0.381 e. The molecule has 0 saturated heterocycles. The van der Waals surface area contributed by atoms with Gasteiger partial charge in [-0.15, -0.1) is 0 Å². The molecule has 0 radical (unpaired) electrons. The molecule has 1 aromatic heterocycles. The van der Waals surface area contributed by atoms with E-state index in [0.717, 1.165) is 11.3 Å². The molecule has 1 N–H and O–H groups in total. The highest BCUT2D eigenvalue weighted by molar-refractivity contribution is 6.34. The molecule has 0 aliphatic carbocycles. The molecular formula is C15H16ClN3O. The van der Waals surface area contributed by atoms with Crippen LogP contribution in [0.1, 0.15) is 15.9 Å². The average molecular weight is 290 g/mol. The first-order valence-electron chi connectivity index (χ1n) is 6.22. The number of benzene rings is 1. The van der Waals surface area contributed by atoms with Gasteiger partial charge in [-0.05, 0) is 29.8 Å². The summed E-state index contributed by atoms with van der Waals surface area (Å²) in [5, 5.41) is 3.71. The Balaban J connectivity index is 2.13. The number of carbonyl (C=O) groups excluding carboxylic acids is 1. The summed E-state index contributed by atoms with van der Waals surface area (Å²) in [6.07, 6.45) is 3.54. The van der Waals surface area contributed by atoms with Crippen molar-refractivity contribution in [2.24, 2.45) is 0 Å². The number of rotatable bonds is 4. The highest BCUT2D eigenvalue weighted by Crippen LogP contribution is 2.22. The van der Waals surface area contributed by atoms with Gasteiger partial charge >= 0.3 is 0 Å². The smallest absolute Gasteiger partial charge is 0.254 e. The molecule has 0 fully saturated rings. The Hall–Kier alpha value is -2.07. The van der Waals surface area contributed by atoms with E-state index in [9.17, 15) is 4.79 Å². The van der Waals surface area contributed by atoms with Gasteiger partial charge in [0.1, 0.15) is 0 Å². The highest BCUT2D eigenvalue weighted by Gasteiger charge is 2.12. The quantitative estimate of drug-likeness (QED) is 0.941. The Morgan fingerprint density at radius 3 is 2.80 bits per heavy atom. The van der Waals surface area contributed by atoms with Crippen LogP contribution in [0.3, 0.4) is 0 Å². The van der Waals surface area contributed by atoms with Crippen molar-refractivity contribution in [1.82, 2.24) is 9.88 Å². The van der Waals surface area contributed by atoms with Crippen LogP contribution in [0.25, 0.3) is 0 Å². The van der Waals surface area contributed by atoms with Gasteiger partial charge in [0.2, 0.25) is 0 Å². The van der Waals surface area contributed by atoms with Crippen molar-refractivity contribution in [3.05, 3.63) is 58.9 Å². The Morgan fingerprint density at radius 1 is 1.35 bits per heavy atom. The summed E-state index contributed by atoms with van der Waals surface area (Å²) >= 11 is 6.07. The summed E-state index contributed by atoms with van der Waals surface area (Å²) in [6, 6.07) is 9.22. The molecule has 2 rings (SSSR count). The van der Waals surface area contributed by atoms with Gasteiger partial charge in [-0.25, -0.2) is 0 Å². The molecule has 0 unspecified atom stereocenters.